The van der Waals surface area contributed by atoms with E-state index in [4.69, 9.17) is 14.5 Å². The van der Waals surface area contributed by atoms with Crippen LogP contribution in [0, 0.1) is 0 Å². The number of ether oxygens (including phenoxy) is 2. The van der Waals surface area contributed by atoms with Crippen molar-refractivity contribution >= 4 is 21.8 Å². The Hall–Kier alpha value is -3.79. The number of aromatic nitrogens is 2. The molecule has 29 heavy (non-hydrogen) atoms. The highest BCUT2D eigenvalue weighted by Crippen LogP contribution is 2.37. The van der Waals surface area contributed by atoms with Crippen LogP contribution in [0.15, 0.2) is 84.9 Å². The van der Waals surface area contributed by atoms with Gasteiger partial charge in [-0.15, -0.1) is 0 Å². The van der Waals surface area contributed by atoms with Crippen molar-refractivity contribution in [1.82, 2.24) is 9.55 Å². The van der Waals surface area contributed by atoms with Crippen LogP contribution in [0.3, 0.4) is 0 Å². The van der Waals surface area contributed by atoms with E-state index in [0.717, 1.165) is 40.5 Å². The molecular weight excluding hydrogens is 360 g/mol. The van der Waals surface area contributed by atoms with Crippen LogP contribution in [0.4, 0.5) is 0 Å². The molecule has 0 unspecified atom stereocenters. The Morgan fingerprint density at radius 3 is 2.62 bits per heavy atom. The normalized spacial score (nSPS) is 12.7. The SMILES string of the molecule is c1ccc2c(Cn3c(-c4ccc5c(c4)OCO5)nc4ccccc43)cccc2c1. The molecule has 1 aliphatic heterocycles. The first-order chi connectivity index (χ1) is 14.4. The third-order valence-corrected chi connectivity index (χ3v) is 5.49. The van der Waals surface area contributed by atoms with E-state index in [-0.39, 0.29) is 6.79 Å². The third-order valence-electron chi connectivity index (χ3n) is 5.49. The van der Waals surface area contributed by atoms with E-state index in [1.165, 1.54) is 16.3 Å². The predicted molar refractivity (Wildman–Crippen MR) is 114 cm³/mol. The fourth-order valence-electron chi connectivity index (χ4n) is 4.09. The van der Waals surface area contributed by atoms with Crippen LogP contribution in [0.25, 0.3) is 33.2 Å². The average Bonchev–Trinajstić information content (AvgIpc) is 3.38. The number of benzene rings is 4. The smallest absolute Gasteiger partial charge is 0.231 e. The number of hydrogen-bond donors (Lipinski definition) is 0. The van der Waals surface area contributed by atoms with Gasteiger partial charge in [-0.1, -0.05) is 54.6 Å². The lowest BCUT2D eigenvalue weighted by Crippen LogP contribution is -2.03. The summed E-state index contributed by atoms with van der Waals surface area (Å²) in [7, 11) is 0. The first-order valence-electron chi connectivity index (χ1n) is 9.69. The van der Waals surface area contributed by atoms with Crippen molar-refractivity contribution in [3.05, 3.63) is 90.5 Å². The second-order valence-corrected chi connectivity index (χ2v) is 7.22. The van der Waals surface area contributed by atoms with Crippen LogP contribution >= 0.6 is 0 Å². The summed E-state index contributed by atoms with van der Waals surface area (Å²) >= 11 is 0. The maximum Gasteiger partial charge on any atom is 0.231 e. The Morgan fingerprint density at radius 2 is 1.62 bits per heavy atom. The van der Waals surface area contributed by atoms with E-state index in [2.05, 4.69) is 65.2 Å². The molecule has 0 saturated heterocycles. The van der Waals surface area contributed by atoms with Crippen molar-refractivity contribution in [1.29, 1.82) is 0 Å². The van der Waals surface area contributed by atoms with Gasteiger partial charge in [-0.2, -0.15) is 0 Å². The molecule has 0 spiro atoms. The van der Waals surface area contributed by atoms with Crippen molar-refractivity contribution < 1.29 is 9.47 Å². The molecule has 4 heteroatoms. The topological polar surface area (TPSA) is 36.3 Å². The Labute approximate surface area is 167 Å². The van der Waals surface area contributed by atoms with E-state index in [0.29, 0.717) is 0 Å². The van der Waals surface area contributed by atoms with E-state index < -0.39 is 0 Å². The highest BCUT2D eigenvalue weighted by atomic mass is 16.7. The minimum atomic E-state index is 0.269. The lowest BCUT2D eigenvalue weighted by molar-refractivity contribution is 0.174. The lowest BCUT2D eigenvalue weighted by Gasteiger charge is -2.12. The van der Waals surface area contributed by atoms with Crippen LogP contribution in [0.1, 0.15) is 5.56 Å². The summed E-state index contributed by atoms with van der Waals surface area (Å²) < 4.78 is 13.4. The molecule has 0 atom stereocenters. The van der Waals surface area contributed by atoms with Crippen LogP contribution in [0.2, 0.25) is 0 Å². The molecule has 0 aliphatic carbocycles. The summed E-state index contributed by atoms with van der Waals surface area (Å²) in [6.07, 6.45) is 0. The van der Waals surface area contributed by atoms with Gasteiger partial charge in [-0.25, -0.2) is 4.98 Å². The highest BCUT2D eigenvalue weighted by Gasteiger charge is 2.18. The number of fused-ring (bicyclic) bond motifs is 3. The summed E-state index contributed by atoms with van der Waals surface area (Å²) in [5.41, 5.74) is 4.40. The van der Waals surface area contributed by atoms with Gasteiger partial charge >= 0.3 is 0 Å². The van der Waals surface area contributed by atoms with Crippen molar-refractivity contribution in [3.63, 3.8) is 0 Å². The van der Waals surface area contributed by atoms with Crippen LogP contribution in [-0.2, 0) is 6.54 Å². The summed E-state index contributed by atoms with van der Waals surface area (Å²) in [6.45, 7) is 1.01. The molecule has 0 amide bonds. The lowest BCUT2D eigenvalue weighted by atomic mass is 10.0. The van der Waals surface area contributed by atoms with Crippen LogP contribution in [0.5, 0.6) is 11.5 Å². The van der Waals surface area contributed by atoms with Gasteiger partial charge in [0.2, 0.25) is 6.79 Å². The molecule has 0 radical (unpaired) electrons. The molecule has 4 nitrogen and oxygen atoms in total. The van der Waals surface area contributed by atoms with Crippen molar-refractivity contribution in [3.8, 4) is 22.9 Å². The average molecular weight is 378 g/mol. The highest BCUT2D eigenvalue weighted by molar-refractivity contribution is 5.86. The summed E-state index contributed by atoms with van der Waals surface area (Å²) in [5.74, 6) is 2.48. The molecule has 1 aliphatic rings. The second-order valence-electron chi connectivity index (χ2n) is 7.22. The molecule has 1 aromatic heterocycles. The Bertz CT molecular complexity index is 1360. The van der Waals surface area contributed by atoms with Crippen molar-refractivity contribution in [2.45, 2.75) is 6.54 Å². The number of rotatable bonds is 3. The molecule has 5 aromatic rings. The number of nitrogens with zero attached hydrogens (tertiary/aromatic N) is 2. The number of imidazole rings is 1. The number of para-hydroxylation sites is 2. The quantitative estimate of drug-likeness (QED) is 0.408. The van der Waals surface area contributed by atoms with Gasteiger partial charge in [-0.3, -0.25) is 0 Å². The zero-order chi connectivity index (χ0) is 19.2. The van der Waals surface area contributed by atoms with Crippen molar-refractivity contribution in [2.24, 2.45) is 0 Å². The van der Waals surface area contributed by atoms with E-state index in [1.54, 1.807) is 0 Å². The van der Waals surface area contributed by atoms with Crippen LogP contribution in [-0.4, -0.2) is 16.3 Å². The first kappa shape index (κ1) is 16.2. The second kappa shape index (κ2) is 6.38. The maximum atomic E-state index is 5.59. The molecule has 4 aromatic carbocycles. The molecule has 0 N–H and O–H groups in total. The van der Waals surface area contributed by atoms with Crippen LogP contribution < -0.4 is 9.47 Å². The molecule has 2 heterocycles. The first-order valence-corrected chi connectivity index (χ1v) is 9.69. The molecule has 0 saturated carbocycles. The fourth-order valence-corrected chi connectivity index (χ4v) is 4.09. The summed E-state index contributed by atoms with van der Waals surface area (Å²) in [5, 5.41) is 2.52. The van der Waals surface area contributed by atoms with Gasteiger partial charge in [0.15, 0.2) is 11.5 Å². The van der Waals surface area contributed by atoms with Gasteiger partial charge < -0.3 is 14.0 Å². The standard InChI is InChI=1S/C25H18N2O2/c1-2-9-20-17(6-1)7-5-8-19(20)15-27-22-11-4-3-10-21(22)26-25(27)18-12-13-23-24(14-18)29-16-28-23/h1-14H,15-16H2. The van der Waals surface area contributed by atoms with E-state index in [1.807, 2.05) is 24.3 Å². The minimum absolute atomic E-state index is 0.269. The summed E-state index contributed by atoms with van der Waals surface area (Å²) in [6, 6.07) is 29.3. The fraction of sp³-hybridized carbons (Fsp3) is 0.0800. The third kappa shape index (κ3) is 2.64. The Kier molecular flexibility index (Phi) is 3.56. The molecule has 0 fully saturated rings. The Balaban J connectivity index is 1.55. The number of hydrogen-bond acceptors (Lipinski definition) is 3. The molecular formula is C25H18N2O2. The van der Waals surface area contributed by atoms with Crippen molar-refractivity contribution in [2.75, 3.05) is 6.79 Å². The monoisotopic (exact) mass is 378 g/mol. The van der Waals surface area contributed by atoms with Gasteiger partial charge in [0.05, 0.1) is 17.6 Å². The maximum absolute atomic E-state index is 5.59. The largest absolute Gasteiger partial charge is 0.454 e. The van der Waals surface area contributed by atoms with Gasteiger partial charge in [-0.05, 0) is 46.7 Å². The molecule has 0 bridgehead atoms. The molecule has 6 rings (SSSR count). The zero-order valence-corrected chi connectivity index (χ0v) is 15.7. The van der Waals surface area contributed by atoms with Gasteiger partial charge in [0.1, 0.15) is 5.82 Å². The summed E-state index contributed by atoms with van der Waals surface area (Å²) in [4.78, 5) is 4.95. The van der Waals surface area contributed by atoms with E-state index in [9.17, 15) is 0 Å². The zero-order valence-electron chi connectivity index (χ0n) is 15.7. The predicted octanol–water partition coefficient (Wildman–Crippen LogP) is 5.63. The van der Waals surface area contributed by atoms with E-state index >= 15 is 0 Å². The minimum Gasteiger partial charge on any atom is -0.454 e. The molecule has 140 valence electrons. The van der Waals surface area contributed by atoms with Gasteiger partial charge in [0.25, 0.3) is 0 Å². The Morgan fingerprint density at radius 1 is 0.793 bits per heavy atom. The van der Waals surface area contributed by atoms with Gasteiger partial charge in [0, 0.05) is 5.56 Å².